The van der Waals surface area contributed by atoms with Gasteiger partial charge in [-0.2, -0.15) is 11.8 Å². The normalized spacial score (nSPS) is 14.6. The van der Waals surface area contributed by atoms with E-state index in [9.17, 15) is 37.2 Å². The largest absolute Gasteiger partial charge is 0.478 e. The zero-order valence-electron chi connectivity index (χ0n) is 38.0. The van der Waals surface area contributed by atoms with Gasteiger partial charge in [-0.15, -0.1) is 0 Å². The smallest absolute Gasteiger partial charge is 0.333 e. The SMILES string of the molecule is O=C(O)C1=C(C(=O)Nc2ccc(-c3ccccc3)cc2)CCC1.O=C(O)C1=C(C(=O)Nc2ccc(-c3ccccc3)cc2)CS(=O)(=O)C1.O=C(O)C1=C(C(=O)Nc2ccc(-c3ccccc3)cc2)CSC1. The molecule has 71 heavy (non-hydrogen) atoms. The molecule has 2 heterocycles. The Morgan fingerprint density at radius 1 is 0.366 bits per heavy atom. The maximum atomic E-state index is 12.3. The zero-order valence-corrected chi connectivity index (χ0v) is 39.6. The predicted molar refractivity (Wildman–Crippen MR) is 275 cm³/mol. The van der Waals surface area contributed by atoms with Gasteiger partial charge in [-0.1, -0.05) is 127 Å². The van der Waals surface area contributed by atoms with Crippen LogP contribution < -0.4 is 16.0 Å². The van der Waals surface area contributed by atoms with Crippen LogP contribution in [0.2, 0.25) is 0 Å². The van der Waals surface area contributed by atoms with Gasteiger partial charge in [0, 0.05) is 50.9 Å². The Morgan fingerprint density at radius 2 is 0.676 bits per heavy atom. The molecule has 0 spiro atoms. The highest BCUT2D eigenvalue weighted by molar-refractivity contribution is 8.00. The Hall–Kier alpha value is -8.34. The third-order valence-electron chi connectivity index (χ3n) is 11.5. The van der Waals surface area contributed by atoms with E-state index in [1.807, 2.05) is 152 Å². The third-order valence-corrected chi connectivity index (χ3v) is 14.0. The number of amides is 3. The van der Waals surface area contributed by atoms with E-state index in [0.29, 0.717) is 52.6 Å². The van der Waals surface area contributed by atoms with Crippen LogP contribution in [0.3, 0.4) is 0 Å². The van der Waals surface area contributed by atoms with Crippen LogP contribution in [0.5, 0.6) is 0 Å². The quantitative estimate of drug-likeness (QED) is 0.0673. The summed E-state index contributed by atoms with van der Waals surface area (Å²) in [6.07, 6.45) is 1.71. The third kappa shape index (κ3) is 13.5. The molecule has 0 atom stereocenters. The van der Waals surface area contributed by atoms with Gasteiger partial charge in [-0.05, 0) is 89.0 Å². The second kappa shape index (κ2) is 23.3. The van der Waals surface area contributed by atoms with Gasteiger partial charge >= 0.3 is 17.9 Å². The van der Waals surface area contributed by atoms with Gasteiger partial charge < -0.3 is 31.3 Å². The number of rotatable bonds is 12. The van der Waals surface area contributed by atoms with Crippen LogP contribution >= 0.6 is 11.8 Å². The molecule has 360 valence electrons. The molecular formula is C55H47N3O11S2. The molecule has 0 saturated heterocycles. The number of carboxylic acid groups (broad SMARTS) is 3. The summed E-state index contributed by atoms with van der Waals surface area (Å²) in [7, 11) is -3.59. The van der Waals surface area contributed by atoms with Crippen molar-refractivity contribution in [1.29, 1.82) is 0 Å². The van der Waals surface area contributed by atoms with Gasteiger partial charge in [0.15, 0.2) is 9.84 Å². The number of carbonyl (C=O) groups is 6. The number of benzene rings is 6. The van der Waals surface area contributed by atoms with Crippen molar-refractivity contribution < 1.29 is 52.5 Å². The van der Waals surface area contributed by atoms with Crippen molar-refractivity contribution in [2.24, 2.45) is 0 Å². The van der Waals surface area contributed by atoms with Crippen LogP contribution in [0.25, 0.3) is 33.4 Å². The molecule has 0 aromatic heterocycles. The van der Waals surface area contributed by atoms with Crippen LogP contribution in [0.1, 0.15) is 19.3 Å². The van der Waals surface area contributed by atoms with Gasteiger partial charge in [0.1, 0.15) is 0 Å². The molecule has 1 aliphatic carbocycles. The lowest BCUT2D eigenvalue weighted by Gasteiger charge is -2.08. The Morgan fingerprint density at radius 3 is 1.06 bits per heavy atom. The lowest BCUT2D eigenvalue weighted by molar-refractivity contribution is -0.133. The van der Waals surface area contributed by atoms with Crippen molar-refractivity contribution in [3.05, 3.63) is 197 Å². The maximum absolute atomic E-state index is 12.3. The molecule has 6 N–H and O–H groups in total. The summed E-state index contributed by atoms with van der Waals surface area (Å²) in [5.74, 6) is -5.09. The van der Waals surface area contributed by atoms with Gasteiger partial charge in [0.2, 0.25) is 0 Å². The Bertz CT molecular complexity index is 3040. The van der Waals surface area contributed by atoms with Crippen molar-refractivity contribution in [1.82, 2.24) is 0 Å². The molecule has 0 unspecified atom stereocenters. The summed E-state index contributed by atoms with van der Waals surface area (Å²) < 4.78 is 23.3. The molecule has 0 radical (unpaired) electrons. The summed E-state index contributed by atoms with van der Waals surface area (Å²) in [6, 6.07) is 51.7. The molecule has 0 bridgehead atoms. The number of nitrogens with one attached hydrogen (secondary N) is 3. The van der Waals surface area contributed by atoms with Crippen molar-refractivity contribution in [3.63, 3.8) is 0 Å². The lowest BCUT2D eigenvalue weighted by atomic mass is 10.1. The van der Waals surface area contributed by atoms with Crippen LogP contribution in [-0.2, 0) is 38.6 Å². The molecule has 9 rings (SSSR count). The second-order valence-electron chi connectivity index (χ2n) is 16.4. The maximum Gasteiger partial charge on any atom is 0.333 e. The fraction of sp³-hybridized carbons (Fsp3) is 0.127. The first-order chi connectivity index (χ1) is 34.2. The minimum absolute atomic E-state index is 0.202. The van der Waals surface area contributed by atoms with E-state index < -0.39 is 45.2 Å². The molecule has 16 heteroatoms. The van der Waals surface area contributed by atoms with E-state index in [4.69, 9.17) is 15.3 Å². The van der Waals surface area contributed by atoms with E-state index in [1.165, 1.54) is 11.8 Å². The van der Waals surface area contributed by atoms with Crippen LogP contribution in [0, 0.1) is 0 Å². The lowest BCUT2D eigenvalue weighted by Crippen LogP contribution is -2.18. The summed E-state index contributed by atoms with van der Waals surface area (Å²) >= 11 is 1.44. The molecule has 3 amide bonds. The molecular weight excluding hydrogens is 943 g/mol. The second-order valence-corrected chi connectivity index (χ2v) is 19.4. The molecule has 6 aromatic rings. The molecule has 2 aliphatic heterocycles. The molecule has 14 nitrogen and oxygen atoms in total. The first-order valence-electron chi connectivity index (χ1n) is 22.2. The Labute approximate surface area is 413 Å². The highest BCUT2D eigenvalue weighted by Crippen LogP contribution is 2.30. The van der Waals surface area contributed by atoms with Gasteiger partial charge in [-0.25, -0.2) is 22.8 Å². The number of carboxylic acids is 3. The van der Waals surface area contributed by atoms with E-state index >= 15 is 0 Å². The van der Waals surface area contributed by atoms with E-state index in [0.717, 1.165) is 39.8 Å². The highest BCUT2D eigenvalue weighted by Gasteiger charge is 2.35. The van der Waals surface area contributed by atoms with E-state index in [2.05, 4.69) is 16.0 Å². The first-order valence-corrected chi connectivity index (χ1v) is 25.2. The number of carbonyl (C=O) groups excluding carboxylic acids is 3. The van der Waals surface area contributed by atoms with Gasteiger partial charge in [0.05, 0.1) is 22.7 Å². The molecule has 0 fully saturated rings. The average Bonchev–Trinajstić information content (AvgIpc) is 4.16. The van der Waals surface area contributed by atoms with Crippen LogP contribution in [0.15, 0.2) is 197 Å². The summed E-state index contributed by atoms with van der Waals surface area (Å²) in [5.41, 5.74) is 8.74. The molecule has 6 aromatic carbocycles. The summed E-state index contributed by atoms with van der Waals surface area (Å²) in [4.78, 5) is 70.2. The monoisotopic (exact) mass is 989 g/mol. The molecule has 0 saturated carbocycles. The Kier molecular flexibility index (Phi) is 16.6. The van der Waals surface area contributed by atoms with Crippen molar-refractivity contribution >= 4 is 74.3 Å². The highest BCUT2D eigenvalue weighted by atomic mass is 32.2. The minimum atomic E-state index is -3.59. The zero-order chi connectivity index (χ0) is 50.5. The van der Waals surface area contributed by atoms with Gasteiger partial charge in [-0.3, -0.25) is 14.4 Å². The fourth-order valence-corrected chi connectivity index (χ4v) is 10.6. The van der Waals surface area contributed by atoms with Crippen LogP contribution in [0.4, 0.5) is 17.1 Å². The number of hydrogen-bond donors (Lipinski definition) is 6. The number of hydrogen-bond acceptors (Lipinski definition) is 9. The van der Waals surface area contributed by atoms with Crippen molar-refractivity contribution in [3.8, 4) is 33.4 Å². The van der Waals surface area contributed by atoms with Crippen LogP contribution in [-0.4, -0.2) is 82.4 Å². The van der Waals surface area contributed by atoms with E-state index in [-0.39, 0.29) is 34.1 Å². The van der Waals surface area contributed by atoms with Crippen molar-refractivity contribution in [2.45, 2.75) is 19.3 Å². The minimum Gasteiger partial charge on any atom is -0.478 e. The summed E-state index contributed by atoms with van der Waals surface area (Å²) in [6.45, 7) is 0. The number of anilines is 3. The standard InChI is InChI=1S/C19H17NO3.C18H15NO5S.C18H15NO3S/c21-18(16-7-4-8-17(16)19(22)23)20-15-11-9-14(10-12-15)13-5-2-1-3-6-13;20-17(15-10-25(23,24)11-16(15)18(21)22)19-14-8-6-13(7-9-14)12-4-2-1-3-5-12;20-17(15-10-23-11-16(15)18(21)22)19-14-8-6-13(7-9-14)12-4-2-1-3-5-12/h1-3,5-6,9-12H,4,7-8H2,(H,20,21)(H,22,23);1-9H,10-11H2,(H,19,20)(H,21,22);1-9H,10-11H2,(H,19,20)(H,21,22). The number of thioether (sulfide) groups is 1. The van der Waals surface area contributed by atoms with Gasteiger partial charge in [0.25, 0.3) is 17.7 Å². The predicted octanol–water partition coefficient (Wildman–Crippen LogP) is 9.38. The molecule has 3 aliphatic rings. The summed E-state index contributed by atoms with van der Waals surface area (Å²) in [5, 5.41) is 35.4. The number of aliphatic carboxylic acids is 3. The number of sulfone groups is 1. The Balaban J connectivity index is 0.000000157. The average molecular weight is 990 g/mol. The van der Waals surface area contributed by atoms with Crippen molar-refractivity contribution in [2.75, 3.05) is 39.0 Å². The fourth-order valence-electron chi connectivity index (χ4n) is 7.86. The topological polar surface area (TPSA) is 233 Å². The van der Waals surface area contributed by atoms with E-state index in [1.54, 1.807) is 12.1 Å². The first kappa shape index (κ1) is 50.5.